The highest BCUT2D eigenvalue weighted by Crippen LogP contribution is 2.25. The molecule has 3 nitrogen and oxygen atoms in total. The quantitative estimate of drug-likeness (QED) is 0.657. The molecule has 0 aliphatic carbocycles. The van der Waals surface area contributed by atoms with Gasteiger partial charge in [-0.15, -0.1) is 0 Å². The van der Waals surface area contributed by atoms with Gasteiger partial charge in [0.25, 0.3) is 0 Å². The molecule has 0 aromatic rings. The van der Waals surface area contributed by atoms with Crippen molar-refractivity contribution in [3.63, 3.8) is 0 Å². The summed E-state index contributed by atoms with van der Waals surface area (Å²) < 4.78 is 5.66. The standard InChI is InChI=1S/C14H26O3/c1-11(15)7-13(3,4)9-17-10-14(5,6)8-12(2)16/h7-10H2,1-6H3. The normalized spacial score (nSPS) is 12.6. The summed E-state index contributed by atoms with van der Waals surface area (Å²) in [5.74, 6) is 0.364. The maximum absolute atomic E-state index is 11.1. The van der Waals surface area contributed by atoms with Gasteiger partial charge in [0.05, 0.1) is 13.2 Å². The Bertz CT molecular complexity index is 249. The molecule has 0 bridgehead atoms. The fraction of sp³-hybridized carbons (Fsp3) is 0.857. The van der Waals surface area contributed by atoms with E-state index in [-0.39, 0.29) is 22.4 Å². The van der Waals surface area contributed by atoms with E-state index < -0.39 is 0 Å². The molecule has 17 heavy (non-hydrogen) atoms. The van der Waals surface area contributed by atoms with E-state index in [2.05, 4.69) is 0 Å². The first-order valence-corrected chi connectivity index (χ1v) is 6.11. The van der Waals surface area contributed by atoms with Crippen LogP contribution >= 0.6 is 0 Å². The second kappa shape index (κ2) is 6.29. The third kappa shape index (κ3) is 9.04. The minimum atomic E-state index is -0.127. The molecule has 0 saturated carbocycles. The molecule has 0 aliphatic heterocycles. The molecule has 100 valence electrons. The van der Waals surface area contributed by atoms with Gasteiger partial charge in [-0.3, -0.25) is 0 Å². The maximum atomic E-state index is 11.1. The van der Waals surface area contributed by atoms with Crippen LogP contribution in [0.4, 0.5) is 0 Å². The second-order valence-electron chi connectivity index (χ2n) is 6.58. The van der Waals surface area contributed by atoms with Gasteiger partial charge in [-0.25, -0.2) is 0 Å². The SMILES string of the molecule is CC(=O)CC(C)(C)COCC(C)(C)CC(C)=O. The van der Waals surface area contributed by atoms with Crippen molar-refractivity contribution in [1.29, 1.82) is 0 Å². The van der Waals surface area contributed by atoms with Gasteiger partial charge in [0, 0.05) is 12.8 Å². The molecule has 0 rings (SSSR count). The summed E-state index contributed by atoms with van der Waals surface area (Å²) in [5.41, 5.74) is -0.254. The van der Waals surface area contributed by atoms with Crippen LogP contribution in [0.5, 0.6) is 0 Å². The van der Waals surface area contributed by atoms with Gasteiger partial charge >= 0.3 is 0 Å². The van der Waals surface area contributed by atoms with Crippen molar-refractivity contribution in [2.24, 2.45) is 10.8 Å². The van der Waals surface area contributed by atoms with Crippen LogP contribution in [-0.4, -0.2) is 24.8 Å². The molecule has 0 atom stereocenters. The first-order chi connectivity index (χ1) is 7.54. The number of ketones is 2. The van der Waals surface area contributed by atoms with E-state index >= 15 is 0 Å². The number of rotatable bonds is 8. The molecule has 0 spiro atoms. The Morgan fingerprint density at radius 2 is 1.12 bits per heavy atom. The molecule has 0 unspecified atom stereocenters. The van der Waals surface area contributed by atoms with Crippen LogP contribution in [0.3, 0.4) is 0 Å². The van der Waals surface area contributed by atoms with Crippen molar-refractivity contribution in [1.82, 2.24) is 0 Å². The predicted molar refractivity (Wildman–Crippen MR) is 69.0 cm³/mol. The van der Waals surface area contributed by atoms with Crippen LogP contribution in [0.1, 0.15) is 54.4 Å². The summed E-state index contributed by atoms with van der Waals surface area (Å²) >= 11 is 0. The molecule has 3 heteroatoms. The van der Waals surface area contributed by atoms with E-state index in [1.54, 1.807) is 13.8 Å². The van der Waals surface area contributed by atoms with Crippen LogP contribution in [0, 0.1) is 10.8 Å². The summed E-state index contributed by atoms with van der Waals surface area (Å²) in [5, 5.41) is 0. The van der Waals surface area contributed by atoms with Crippen molar-refractivity contribution in [2.75, 3.05) is 13.2 Å². The van der Waals surface area contributed by atoms with Gasteiger partial charge in [-0.2, -0.15) is 0 Å². The van der Waals surface area contributed by atoms with Gasteiger partial charge in [0.2, 0.25) is 0 Å². The Hall–Kier alpha value is -0.700. The van der Waals surface area contributed by atoms with Crippen molar-refractivity contribution < 1.29 is 14.3 Å². The Kier molecular flexibility index (Phi) is 6.03. The minimum absolute atomic E-state index is 0.127. The third-order valence-corrected chi connectivity index (χ3v) is 2.44. The highest BCUT2D eigenvalue weighted by molar-refractivity contribution is 5.76. The Balaban J connectivity index is 4.05. The first kappa shape index (κ1) is 16.3. The van der Waals surface area contributed by atoms with E-state index in [0.29, 0.717) is 26.1 Å². The Morgan fingerprint density at radius 3 is 1.35 bits per heavy atom. The van der Waals surface area contributed by atoms with Crippen LogP contribution in [0.25, 0.3) is 0 Å². The lowest BCUT2D eigenvalue weighted by Gasteiger charge is -2.28. The summed E-state index contributed by atoms with van der Waals surface area (Å²) in [6.45, 7) is 12.4. The molecule has 0 aromatic heterocycles. The summed E-state index contributed by atoms with van der Waals surface area (Å²) in [6.07, 6.45) is 1.06. The number of ether oxygens (including phenoxy) is 1. The van der Waals surface area contributed by atoms with Crippen LogP contribution in [0.15, 0.2) is 0 Å². The van der Waals surface area contributed by atoms with Gasteiger partial charge < -0.3 is 14.3 Å². The molecule has 0 amide bonds. The number of hydrogen-bond acceptors (Lipinski definition) is 3. The molecule has 0 heterocycles. The van der Waals surface area contributed by atoms with Crippen molar-refractivity contribution in [3.05, 3.63) is 0 Å². The number of carbonyl (C=O) groups excluding carboxylic acids is 2. The zero-order valence-corrected chi connectivity index (χ0v) is 12.1. The van der Waals surface area contributed by atoms with Gasteiger partial charge in [0.15, 0.2) is 0 Å². The van der Waals surface area contributed by atoms with E-state index in [4.69, 9.17) is 4.74 Å². The highest BCUT2D eigenvalue weighted by atomic mass is 16.5. The molecule has 0 aliphatic rings. The zero-order valence-electron chi connectivity index (χ0n) is 12.1. The van der Waals surface area contributed by atoms with E-state index in [9.17, 15) is 9.59 Å². The smallest absolute Gasteiger partial charge is 0.130 e. The average Bonchev–Trinajstić information content (AvgIpc) is 1.96. The topological polar surface area (TPSA) is 43.4 Å². The average molecular weight is 242 g/mol. The van der Waals surface area contributed by atoms with Crippen LogP contribution in [-0.2, 0) is 14.3 Å². The van der Waals surface area contributed by atoms with Crippen LogP contribution < -0.4 is 0 Å². The monoisotopic (exact) mass is 242 g/mol. The molecular weight excluding hydrogens is 216 g/mol. The maximum Gasteiger partial charge on any atom is 0.130 e. The van der Waals surface area contributed by atoms with Gasteiger partial charge in [0.1, 0.15) is 11.6 Å². The summed E-state index contributed by atoms with van der Waals surface area (Å²) in [6, 6.07) is 0. The summed E-state index contributed by atoms with van der Waals surface area (Å²) in [7, 11) is 0. The fourth-order valence-corrected chi connectivity index (χ4v) is 2.05. The molecule has 0 radical (unpaired) electrons. The Labute approximate surface area is 105 Å². The lowest BCUT2D eigenvalue weighted by molar-refractivity contribution is -0.120. The second-order valence-corrected chi connectivity index (χ2v) is 6.58. The van der Waals surface area contributed by atoms with E-state index in [1.165, 1.54) is 0 Å². The van der Waals surface area contributed by atoms with Gasteiger partial charge in [-0.1, -0.05) is 27.7 Å². The fourth-order valence-electron chi connectivity index (χ4n) is 2.05. The molecule has 0 aromatic carbocycles. The Morgan fingerprint density at radius 1 is 0.824 bits per heavy atom. The molecular formula is C14H26O3. The van der Waals surface area contributed by atoms with Crippen molar-refractivity contribution in [3.8, 4) is 0 Å². The molecule has 0 saturated heterocycles. The number of hydrogen-bond donors (Lipinski definition) is 0. The predicted octanol–water partition coefficient (Wildman–Crippen LogP) is 3.01. The molecule has 0 fully saturated rings. The van der Waals surface area contributed by atoms with E-state index in [0.717, 1.165) is 0 Å². The van der Waals surface area contributed by atoms with E-state index in [1.807, 2.05) is 27.7 Å². The lowest BCUT2D eigenvalue weighted by atomic mass is 9.87. The minimum Gasteiger partial charge on any atom is -0.380 e. The number of carbonyl (C=O) groups is 2. The number of Topliss-reactive ketones (excluding diaryl/α,β-unsaturated/α-hetero) is 2. The largest absolute Gasteiger partial charge is 0.380 e. The van der Waals surface area contributed by atoms with Gasteiger partial charge in [-0.05, 0) is 24.7 Å². The third-order valence-electron chi connectivity index (χ3n) is 2.44. The van der Waals surface area contributed by atoms with Crippen molar-refractivity contribution >= 4 is 11.6 Å². The van der Waals surface area contributed by atoms with Crippen molar-refractivity contribution in [2.45, 2.75) is 54.4 Å². The first-order valence-electron chi connectivity index (χ1n) is 6.11. The van der Waals surface area contributed by atoms with Crippen LogP contribution in [0.2, 0.25) is 0 Å². The lowest BCUT2D eigenvalue weighted by Crippen LogP contribution is -2.28. The zero-order chi connectivity index (χ0) is 13.7. The highest BCUT2D eigenvalue weighted by Gasteiger charge is 2.24. The molecule has 0 N–H and O–H groups in total. The summed E-state index contributed by atoms with van der Waals surface area (Å²) in [4.78, 5) is 22.1.